The summed E-state index contributed by atoms with van der Waals surface area (Å²) in [5.41, 5.74) is -0.946. The molecule has 0 unspecified atom stereocenters. The summed E-state index contributed by atoms with van der Waals surface area (Å²) in [7, 11) is 0.958. The molecule has 1 aromatic heterocycles. The predicted octanol–water partition coefficient (Wildman–Crippen LogP) is 2.84. The number of aromatic nitrogens is 1. The van der Waals surface area contributed by atoms with E-state index in [0.29, 0.717) is 0 Å². The van der Waals surface area contributed by atoms with Crippen LogP contribution in [-0.4, -0.2) is 24.4 Å². The van der Waals surface area contributed by atoms with Crippen molar-refractivity contribution < 1.29 is 31.8 Å². The highest BCUT2D eigenvalue weighted by Gasteiger charge is 2.35. The molecule has 1 aromatic rings. The van der Waals surface area contributed by atoms with Crippen LogP contribution in [0.25, 0.3) is 0 Å². The van der Waals surface area contributed by atoms with E-state index in [4.69, 9.17) is 0 Å². The van der Waals surface area contributed by atoms with E-state index in [1.807, 2.05) is 0 Å². The Morgan fingerprint density at radius 2 is 2.11 bits per heavy atom. The number of methoxy groups -OCH3 is 1. The van der Waals surface area contributed by atoms with Crippen molar-refractivity contribution in [2.45, 2.75) is 13.0 Å². The van der Waals surface area contributed by atoms with E-state index in [9.17, 15) is 22.4 Å². The average molecular weight is 379 g/mol. The third-order valence-electron chi connectivity index (χ3n) is 1.78. The molecule has 1 rings (SSSR count). The Hall–Kier alpha value is -1.13. The van der Waals surface area contributed by atoms with Gasteiger partial charge in [0.25, 0.3) is 0 Å². The number of hydrogen-bond donors (Lipinski definition) is 0. The van der Waals surface area contributed by atoms with Crippen molar-refractivity contribution in [1.29, 1.82) is 0 Å². The first-order valence-electron chi connectivity index (χ1n) is 4.38. The Balaban J connectivity index is 3.37. The summed E-state index contributed by atoms with van der Waals surface area (Å²) in [5.74, 6) is -2.17. The minimum atomic E-state index is -5.03. The fourth-order valence-electron chi connectivity index (χ4n) is 1.15. The number of hydrogen-bond acceptors (Lipinski definition) is 4. The number of halogens is 5. The highest BCUT2D eigenvalue weighted by atomic mass is 127. The van der Waals surface area contributed by atoms with Crippen molar-refractivity contribution >= 4 is 28.6 Å². The van der Waals surface area contributed by atoms with Crippen LogP contribution in [0.4, 0.5) is 17.6 Å². The normalized spacial score (nSPS) is 11.2. The Morgan fingerprint density at radius 1 is 1.50 bits per heavy atom. The quantitative estimate of drug-likeness (QED) is 0.351. The van der Waals surface area contributed by atoms with Crippen molar-refractivity contribution in [2.75, 3.05) is 7.11 Å². The highest BCUT2D eigenvalue weighted by molar-refractivity contribution is 14.1. The lowest BCUT2D eigenvalue weighted by Crippen LogP contribution is -2.21. The number of esters is 1. The Bertz CT molecular complexity index is 464. The first kappa shape index (κ1) is 14.9. The zero-order valence-electron chi connectivity index (χ0n) is 8.85. The molecule has 0 spiro atoms. The third-order valence-corrected chi connectivity index (χ3v) is 2.34. The van der Waals surface area contributed by atoms with Crippen LogP contribution >= 0.6 is 22.6 Å². The van der Waals surface area contributed by atoms with Crippen LogP contribution in [0.3, 0.4) is 0 Å². The minimum absolute atomic E-state index is 0.0622. The maximum Gasteiger partial charge on any atom is 0.574 e. The lowest BCUT2D eigenvalue weighted by Gasteiger charge is -2.13. The largest absolute Gasteiger partial charge is 0.574 e. The molecule has 1 heterocycles. The van der Waals surface area contributed by atoms with Gasteiger partial charge in [-0.2, -0.15) is 0 Å². The van der Waals surface area contributed by atoms with Crippen molar-refractivity contribution in [3.63, 3.8) is 0 Å². The SMILES string of the molecule is COC(=O)c1c(CF)cc(I)nc1OC(F)(F)F. The van der Waals surface area contributed by atoms with Gasteiger partial charge in [-0.1, -0.05) is 0 Å². The summed E-state index contributed by atoms with van der Waals surface area (Å²) >= 11 is 1.58. The summed E-state index contributed by atoms with van der Waals surface area (Å²) < 4.78 is 57.1. The van der Waals surface area contributed by atoms with Crippen molar-refractivity contribution in [3.05, 3.63) is 20.9 Å². The number of ether oxygens (including phenoxy) is 2. The lowest BCUT2D eigenvalue weighted by atomic mass is 10.1. The number of carbonyl (C=O) groups excluding carboxylic acids is 1. The summed E-state index contributed by atoms with van der Waals surface area (Å²) in [6, 6.07) is 1.13. The van der Waals surface area contributed by atoms with E-state index in [0.717, 1.165) is 13.2 Å². The molecule has 0 aliphatic heterocycles. The number of alkyl halides is 4. The molecule has 0 bridgehead atoms. The van der Waals surface area contributed by atoms with Crippen LogP contribution in [-0.2, 0) is 11.4 Å². The van der Waals surface area contributed by atoms with Crippen molar-refractivity contribution in [2.24, 2.45) is 0 Å². The maximum absolute atomic E-state index is 12.7. The molecule has 9 heteroatoms. The zero-order valence-corrected chi connectivity index (χ0v) is 11.0. The number of rotatable bonds is 3. The van der Waals surface area contributed by atoms with Crippen LogP contribution in [0.2, 0.25) is 0 Å². The highest BCUT2D eigenvalue weighted by Crippen LogP contribution is 2.29. The Morgan fingerprint density at radius 3 is 2.56 bits per heavy atom. The summed E-state index contributed by atoms with van der Waals surface area (Å²) in [5, 5.41) is 0. The van der Waals surface area contributed by atoms with Gasteiger partial charge in [0.2, 0.25) is 5.88 Å². The Labute approximate surface area is 112 Å². The first-order chi connectivity index (χ1) is 8.28. The number of carbonyl (C=O) groups is 1. The van der Waals surface area contributed by atoms with E-state index >= 15 is 0 Å². The fraction of sp³-hybridized carbons (Fsp3) is 0.333. The van der Waals surface area contributed by atoms with Gasteiger partial charge < -0.3 is 9.47 Å². The zero-order chi connectivity index (χ0) is 13.9. The van der Waals surface area contributed by atoms with Gasteiger partial charge in [-0.25, -0.2) is 14.2 Å². The van der Waals surface area contributed by atoms with E-state index in [1.54, 1.807) is 22.6 Å². The van der Waals surface area contributed by atoms with Gasteiger partial charge in [-0.05, 0) is 28.7 Å². The van der Waals surface area contributed by atoms with E-state index in [1.165, 1.54) is 0 Å². The lowest BCUT2D eigenvalue weighted by molar-refractivity contribution is -0.276. The van der Waals surface area contributed by atoms with E-state index in [2.05, 4.69) is 14.5 Å². The molecule has 0 aliphatic carbocycles. The molecule has 4 nitrogen and oxygen atoms in total. The van der Waals surface area contributed by atoms with Crippen molar-refractivity contribution in [1.82, 2.24) is 4.98 Å². The molecule has 100 valence electrons. The van der Waals surface area contributed by atoms with Gasteiger partial charge in [-0.15, -0.1) is 13.2 Å². The third kappa shape index (κ3) is 3.68. The van der Waals surface area contributed by atoms with Crippen LogP contribution in [0.1, 0.15) is 15.9 Å². The molecule has 0 saturated heterocycles. The minimum Gasteiger partial charge on any atom is -0.465 e. The molecule has 0 N–H and O–H groups in total. The van der Waals surface area contributed by atoms with Gasteiger partial charge in [0.05, 0.1) is 7.11 Å². The van der Waals surface area contributed by atoms with Gasteiger partial charge in [0.15, 0.2) is 0 Å². The van der Waals surface area contributed by atoms with Gasteiger partial charge >= 0.3 is 12.3 Å². The summed E-state index contributed by atoms with van der Waals surface area (Å²) in [6.45, 7) is -1.14. The second kappa shape index (κ2) is 5.67. The molecule has 0 aliphatic rings. The number of pyridine rings is 1. The van der Waals surface area contributed by atoms with Gasteiger partial charge in [0, 0.05) is 5.56 Å². The predicted molar refractivity (Wildman–Crippen MR) is 59.8 cm³/mol. The molecule has 0 amide bonds. The molecule has 0 saturated carbocycles. The topological polar surface area (TPSA) is 48.4 Å². The molecule has 0 aromatic carbocycles. The maximum atomic E-state index is 12.7. The Kier molecular flexibility index (Phi) is 4.71. The van der Waals surface area contributed by atoms with Crippen molar-refractivity contribution in [3.8, 4) is 5.88 Å². The number of nitrogens with zero attached hydrogens (tertiary/aromatic N) is 1. The molecular weight excluding hydrogens is 373 g/mol. The summed E-state index contributed by atoms with van der Waals surface area (Å²) in [4.78, 5) is 14.7. The average Bonchev–Trinajstić information content (AvgIpc) is 2.25. The smallest absolute Gasteiger partial charge is 0.465 e. The van der Waals surface area contributed by atoms with Gasteiger partial charge in [-0.3, -0.25) is 0 Å². The first-order valence-corrected chi connectivity index (χ1v) is 5.45. The molecule has 0 radical (unpaired) electrons. The van der Waals surface area contributed by atoms with Crippen LogP contribution < -0.4 is 4.74 Å². The standard InChI is InChI=1S/C9H6F4INO3/c1-17-8(16)6-4(3-10)2-5(14)15-7(6)18-9(11,12)13/h2H,3H2,1H3. The molecule has 0 atom stereocenters. The van der Waals surface area contributed by atoms with Crippen LogP contribution in [0, 0.1) is 3.70 Å². The summed E-state index contributed by atoms with van der Waals surface area (Å²) in [6.07, 6.45) is -5.03. The van der Waals surface area contributed by atoms with Crippen LogP contribution in [0.5, 0.6) is 5.88 Å². The van der Waals surface area contributed by atoms with E-state index in [-0.39, 0.29) is 9.26 Å². The fourth-order valence-corrected chi connectivity index (χ4v) is 1.74. The van der Waals surface area contributed by atoms with E-state index < -0.39 is 30.4 Å². The molecular formula is C9H6F4INO3. The molecule has 18 heavy (non-hydrogen) atoms. The molecule has 0 fully saturated rings. The van der Waals surface area contributed by atoms with Crippen LogP contribution in [0.15, 0.2) is 6.07 Å². The monoisotopic (exact) mass is 379 g/mol. The van der Waals surface area contributed by atoms with Gasteiger partial charge in [0.1, 0.15) is 15.9 Å². The second-order valence-corrected chi connectivity index (χ2v) is 4.06. The second-order valence-electron chi connectivity index (χ2n) is 2.96.